The van der Waals surface area contributed by atoms with Gasteiger partial charge in [0, 0.05) is 13.1 Å². The summed E-state index contributed by atoms with van der Waals surface area (Å²) in [5.74, 6) is -0.0753. The molecule has 2 N–H and O–H groups in total. The second-order valence-corrected chi connectivity index (χ2v) is 4.82. The SMILES string of the molecule is O=C(CNN1CCCCC1)Nc1ccccc1Cl. The fraction of sp³-hybridized carbons (Fsp3) is 0.462. The highest BCUT2D eigenvalue weighted by atomic mass is 35.5. The summed E-state index contributed by atoms with van der Waals surface area (Å²) in [5.41, 5.74) is 3.80. The van der Waals surface area contributed by atoms with Crippen LogP contribution in [0.2, 0.25) is 5.02 Å². The van der Waals surface area contributed by atoms with Crippen molar-refractivity contribution >= 4 is 23.2 Å². The number of hydrazine groups is 1. The average Bonchev–Trinajstić information content (AvgIpc) is 2.40. The molecule has 0 aliphatic carbocycles. The molecule has 1 aromatic rings. The molecule has 1 heterocycles. The van der Waals surface area contributed by atoms with Crippen molar-refractivity contribution in [1.82, 2.24) is 10.4 Å². The van der Waals surface area contributed by atoms with Crippen LogP contribution in [0.4, 0.5) is 5.69 Å². The lowest BCUT2D eigenvalue weighted by Crippen LogP contribution is -2.45. The molecule has 0 saturated carbocycles. The minimum absolute atomic E-state index is 0.0753. The number of nitrogens with zero attached hydrogens (tertiary/aromatic N) is 1. The van der Waals surface area contributed by atoms with Gasteiger partial charge in [0.05, 0.1) is 17.3 Å². The molecule has 1 aliphatic heterocycles. The number of amides is 1. The predicted octanol–water partition coefficient (Wildman–Crippen LogP) is 2.27. The highest BCUT2D eigenvalue weighted by molar-refractivity contribution is 6.33. The van der Waals surface area contributed by atoms with Crippen molar-refractivity contribution in [2.75, 3.05) is 25.0 Å². The molecule has 1 saturated heterocycles. The number of piperidine rings is 1. The summed E-state index contributed by atoms with van der Waals surface area (Å²) in [5, 5.41) is 5.46. The van der Waals surface area contributed by atoms with Gasteiger partial charge in [-0.2, -0.15) is 0 Å². The summed E-state index contributed by atoms with van der Waals surface area (Å²) < 4.78 is 0. The van der Waals surface area contributed by atoms with Gasteiger partial charge in [-0.25, -0.2) is 10.4 Å². The number of nitrogens with one attached hydrogen (secondary N) is 2. The molecule has 5 heteroatoms. The van der Waals surface area contributed by atoms with Crippen LogP contribution in [0, 0.1) is 0 Å². The molecule has 1 aromatic carbocycles. The fourth-order valence-electron chi connectivity index (χ4n) is 1.99. The van der Waals surface area contributed by atoms with E-state index < -0.39 is 0 Å². The molecule has 4 nitrogen and oxygen atoms in total. The van der Waals surface area contributed by atoms with Crippen LogP contribution in [-0.2, 0) is 4.79 Å². The van der Waals surface area contributed by atoms with Crippen LogP contribution in [0.3, 0.4) is 0 Å². The maximum Gasteiger partial charge on any atom is 0.239 e. The third-order valence-corrected chi connectivity index (χ3v) is 3.30. The molecular formula is C13H18ClN3O. The molecule has 1 amide bonds. The van der Waals surface area contributed by atoms with Crippen LogP contribution in [0.5, 0.6) is 0 Å². The van der Waals surface area contributed by atoms with E-state index in [9.17, 15) is 4.79 Å². The highest BCUT2D eigenvalue weighted by Crippen LogP contribution is 2.20. The van der Waals surface area contributed by atoms with Crippen LogP contribution in [-0.4, -0.2) is 30.6 Å². The van der Waals surface area contributed by atoms with Gasteiger partial charge in [0.15, 0.2) is 0 Å². The first-order valence-electron chi connectivity index (χ1n) is 6.28. The minimum Gasteiger partial charge on any atom is -0.324 e. The van der Waals surface area contributed by atoms with Crippen LogP contribution in [0.1, 0.15) is 19.3 Å². The van der Waals surface area contributed by atoms with Crippen LogP contribution in [0.25, 0.3) is 0 Å². The van der Waals surface area contributed by atoms with Gasteiger partial charge in [0.25, 0.3) is 0 Å². The van der Waals surface area contributed by atoms with Crippen LogP contribution < -0.4 is 10.7 Å². The Morgan fingerprint density at radius 1 is 1.22 bits per heavy atom. The van der Waals surface area contributed by atoms with Crippen molar-refractivity contribution in [3.63, 3.8) is 0 Å². The lowest BCUT2D eigenvalue weighted by molar-refractivity contribution is -0.116. The van der Waals surface area contributed by atoms with Gasteiger partial charge in [-0.1, -0.05) is 30.2 Å². The largest absolute Gasteiger partial charge is 0.324 e. The average molecular weight is 268 g/mol. The molecule has 1 aliphatic rings. The zero-order valence-corrected chi connectivity index (χ0v) is 11.0. The molecule has 18 heavy (non-hydrogen) atoms. The van der Waals surface area contributed by atoms with Crippen molar-refractivity contribution in [2.45, 2.75) is 19.3 Å². The maximum atomic E-state index is 11.7. The first kappa shape index (κ1) is 13.3. The van der Waals surface area contributed by atoms with E-state index in [4.69, 9.17) is 11.6 Å². The number of halogens is 1. The van der Waals surface area contributed by atoms with E-state index in [1.54, 1.807) is 12.1 Å². The zero-order valence-electron chi connectivity index (χ0n) is 10.3. The summed E-state index contributed by atoms with van der Waals surface area (Å²) >= 11 is 5.97. The van der Waals surface area contributed by atoms with Crippen molar-refractivity contribution in [2.24, 2.45) is 0 Å². The molecule has 0 spiro atoms. The second-order valence-electron chi connectivity index (χ2n) is 4.41. The predicted molar refractivity (Wildman–Crippen MR) is 73.5 cm³/mol. The van der Waals surface area contributed by atoms with E-state index in [1.165, 1.54) is 19.3 Å². The summed E-state index contributed by atoms with van der Waals surface area (Å²) in [4.78, 5) is 11.7. The van der Waals surface area contributed by atoms with Gasteiger partial charge in [0.2, 0.25) is 5.91 Å². The zero-order chi connectivity index (χ0) is 12.8. The summed E-state index contributed by atoms with van der Waals surface area (Å²) in [6.07, 6.45) is 3.67. The first-order chi connectivity index (χ1) is 8.75. The standard InChI is InChI=1S/C13H18ClN3O/c14-11-6-2-3-7-12(11)16-13(18)10-15-17-8-4-1-5-9-17/h2-3,6-7,15H,1,4-5,8-10H2,(H,16,18). The monoisotopic (exact) mass is 267 g/mol. The molecular weight excluding hydrogens is 250 g/mol. The maximum absolute atomic E-state index is 11.7. The number of benzene rings is 1. The van der Waals surface area contributed by atoms with E-state index in [-0.39, 0.29) is 12.5 Å². The summed E-state index contributed by atoms with van der Waals surface area (Å²) in [6.45, 7) is 2.31. The van der Waals surface area contributed by atoms with Gasteiger partial charge in [-0.05, 0) is 25.0 Å². The van der Waals surface area contributed by atoms with Crippen molar-refractivity contribution in [1.29, 1.82) is 0 Å². The van der Waals surface area contributed by atoms with Crippen LogP contribution in [0.15, 0.2) is 24.3 Å². The van der Waals surface area contributed by atoms with Gasteiger partial charge >= 0.3 is 0 Å². The summed E-state index contributed by atoms with van der Waals surface area (Å²) in [7, 11) is 0. The Hall–Kier alpha value is -1.10. The second kappa shape index (κ2) is 6.73. The molecule has 98 valence electrons. The number of para-hydroxylation sites is 1. The third-order valence-electron chi connectivity index (χ3n) is 2.97. The number of carbonyl (C=O) groups is 1. The van der Waals surface area contributed by atoms with E-state index in [0.29, 0.717) is 10.7 Å². The first-order valence-corrected chi connectivity index (χ1v) is 6.66. The normalized spacial score (nSPS) is 16.5. The summed E-state index contributed by atoms with van der Waals surface area (Å²) in [6, 6.07) is 7.24. The Labute approximate surface area is 112 Å². The topological polar surface area (TPSA) is 44.4 Å². The molecule has 0 bridgehead atoms. The van der Waals surface area contributed by atoms with E-state index >= 15 is 0 Å². The van der Waals surface area contributed by atoms with E-state index in [0.717, 1.165) is 13.1 Å². The molecule has 0 atom stereocenters. The lowest BCUT2D eigenvalue weighted by atomic mass is 10.2. The number of hydrogen-bond acceptors (Lipinski definition) is 3. The van der Waals surface area contributed by atoms with E-state index in [2.05, 4.69) is 15.8 Å². The Morgan fingerprint density at radius 3 is 2.67 bits per heavy atom. The van der Waals surface area contributed by atoms with E-state index in [1.807, 2.05) is 12.1 Å². The number of rotatable bonds is 4. The lowest BCUT2D eigenvalue weighted by Gasteiger charge is -2.26. The fourth-order valence-corrected chi connectivity index (χ4v) is 2.18. The van der Waals surface area contributed by atoms with Crippen molar-refractivity contribution < 1.29 is 4.79 Å². The Balaban J connectivity index is 1.76. The quantitative estimate of drug-likeness (QED) is 0.880. The van der Waals surface area contributed by atoms with Gasteiger partial charge < -0.3 is 5.32 Å². The smallest absolute Gasteiger partial charge is 0.239 e. The van der Waals surface area contributed by atoms with Gasteiger partial charge in [0.1, 0.15) is 0 Å². The molecule has 1 fully saturated rings. The van der Waals surface area contributed by atoms with Crippen molar-refractivity contribution in [3.05, 3.63) is 29.3 Å². The Bertz CT molecular complexity index is 405. The Morgan fingerprint density at radius 2 is 1.94 bits per heavy atom. The molecule has 0 aromatic heterocycles. The molecule has 2 rings (SSSR count). The minimum atomic E-state index is -0.0753. The number of carbonyl (C=O) groups excluding carboxylic acids is 1. The number of anilines is 1. The molecule has 0 radical (unpaired) electrons. The Kier molecular flexibility index (Phi) is 4.99. The van der Waals surface area contributed by atoms with Gasteiger partial charge in [-0.3, -0.25) is 4.79 Å². The van der Waals surface area contributed by atoms with Gasteiger partial charge in [-0.15, -0.1) is 0 Å². The highest BCUT2D eigenvalue weighted by Gasteiger charge is 2.11. The van der Waals surface area contributed by atoms with Crippen LogP contribution >= 0.6 is 11.6 Å². The number of hydrogen-bond donors (Lipinski definition) is 2. The molecule has 0 unspecified atom stereocenters. The third kappa shape index (κ3) is 3.98. The van der Waals surface area contributed by atoms with Crippen molar-refractivity contribution in [3.8, 4) is 0 Å².